The molecule has 1 amide bonds. The number of nitrogens with one attached hydrogen (secondary N) is 1. The van der Waals surface area contributed by atoms with Gasteiger partial charge >= 0.3 is 0 Å². The average molecular weight is 344 g/mol. The molecule has 0 aliphatic heterocycles. The van der Waals surface area contributed by atoms with Gasteiger partial charge in [-0.25, -0.2) is 0 Å². The zero-order chi connectivity index (χ0) is 16.9. The number of hydrogen-bond acceptors (Lipinski definition) is 6. The number of hydrogen-bond donors (Lipinski definition) is 1. The van der Waals surface area contributed by atoms with Gasteiger partial charge in [0.2, 0.25) is 0 Å². The molecule has 3 aromatic rings. The minimum Gasteiger partial charge on any atom is -0.453 e. The van der Waals surface area contributed by atoms with Gasteiger partial charge in [-0.15, -0.1) is 10.2 Å². The second kappa shape index (κ2) is 7.33. The zero-order valence-electron chi connectivity index (χ0n) is 13.2. The van der Waals surface area contributed by atoms with Gasteiger partial charge in [0.15, 0.2) is 10.9 Å². The Morgan fingerprint density at radius 2 is 2.08 bits per heavy atom. The van der Waals surface area contributed by atoms with E-state index >= 15 is 0 Å². The molecule has 24 heavy (non-hydrogen) atoms. The lowest BCUT2D eigenvalue weighted by atomic mass is 10.3. The molecular formula is C16H16N4O3S. The van der Waals surface area contributed by atoms with Gasteiger partial charge in [0, 0.05) is 24.7 Å². The Labute approximate surface area is 143 Å². The summed E-state index contributed by atoms with van der Waals surface area (Å²) in [5.41, 5.74) is 0.687. The molecule has 0 fully saturated rings. The number of ether oxygens (including phenoxy) is 1. The van der Waals surface area contributed by atoms with Crippen molar-refractivity contribution in [2.75, 3.05) is 12.4 Å². The summed E-state index contributed by atoms with van der Waals surface area (Å²) in [6, 6.07) is 10.8. The van der Waals surface area contributed by atoms with Crippen molar-refractivity contribution in [3.05, 3.63) is 54.2 Å². The van der Waals surface area contributed by atoms with E-state index in [1.54, 1.807) is 25.6 Å². The fourth-order valence-corrected chi connectivity index (χ4v) is 2.75. The van der Waals surface area contributed by atoms with Crippen molar-refractivity contribution < 1.29 is 13.9 Å². The van der Waals surface area contributed by atoms with Crippen molar-refractivity contribution in [1.29, 1.82) is 0 Å². The van der Waals surface area contributed by atoms with Crippen LogP contribution in [0.4, 0.5) is 5.69 Å². The molecule has 0 radical (unpaired) electrons. The Bertz CT molecular complexity index is 826. The number of benzene rings is 1. The minimum absolute atomic E-state index is 0.250. The van der Waals surface area contributed by atoms with E-state index in [2.05, 4.69) is 15.5 Å². The van der Waals surface area contributed by atoms with E-state index in [-0.39, 0.29) is 11.7 Å². The SMILES string of the molecule is COCc1ccc(C(=O)Nc2ccc(Sc3nncn3C)cc2)o1. The van der Waals surface area contributed by atoms with E-state index in [1.807, 2.05) is 35.9 Å². The molecule has 1 N–H and O–H groups in total. The monoisotopic (exact) mass is 344 g/mol. The van der Waals surface area contributed by atoms with Crippen LogP contribution in [0.2, 0.25) is 0 Å². The van der Waals surface area contributed by atoms with E-state index in [1.165, 1.54) is 11.8 Å². The second-order valence-corrected chi connectivity index (χ2v) is 6.04. The van der Waals surface area contributed by atoms with Gasteiger partial charge in [0.25, 0.3) is 5.91 Å². The van der Waals surface area contributed by atoms with Crippen molar-refractivity contribution in [3.8, 4) is 0 Å². The van der Waals surface area contributed by atoms with E-state index in [4.69, 9.17) is 9.15 Å². The summed E-state index contributed by atoms with van der Waals surface area (Å²) in [5, 5.41) is 11.5. The molecule has 8 heteroatoms. The summed E-state index contributed by atoms with van der Waals surface area (Å²) in [4.78, 5) is 13.1. The fourth-order valence-electron chi connectivity index (χ4n) is 1.99. The summed E-state index contributed by atoms with van der Waals surface area (Å²) in [6.07, 6.45) is 1.65. The first-order chi connectivity index (χ1) is 11.7. The molecule has 0 unspecified atom stereocenters. The molecular weight excluding hydrogens is 328 g/mol. The first-order valence-electron chi connectivity index (χ1n) is 7.16. The third-order valence-corrected chi connectivity index (χ3v) is 4.22. The Morgan fingerprint density at radius 3 is 2.75 bits per heavy atom. The van der Waals surface area contributed by atoms with E-state index in [9.17, 15) is 4.79 Å². The van der Waals surface area contributed by atoms with Gasteiger partial charge in [-0.2, -0.15) is 0 Å². The van der Waals surface area contributed by atoms with E-state index < -0.39 is 0 Å². The van der Waals surface area contributed by atoms with Crippen LogP contribution in [0, 0.1) is 0 Å². The summed E-state index contributed by atoms with van der Waals surface area (Å²) < 4.78 is 12.2. The minimum atomic E-state index is -0.300. The maximum absolute atomic E-state index is 12.1. The molecule has 0 spiro atoms. The highest BCUT2D eigenvalue weighted by Gasteiger charge is 2.11. The maximum atomic E-state index is 12.1. The summed E-state index contributed by atoms with van der Waals surface area (Å²) in [5.74, 6) is 0.559. The number of amides is 1. The number of anilines is 1. The molecule has 124 valence electrons. The van der Waals surface area contributed by atoms with Crippen LogP contribution >= 0.6 is 11.8 Å². The predicted octanol–water partition coefficient (Wildman–Crippen LogP) is 2.96. The molecule has 0 aliphatic carbocycles. The van der Waals surface area contributed by atoms with Crippen LogP contribution in [0.15, 0.2) is 57.2 Å². The number of methoxy groups -OCH3 is 1. The van der Waals surface area contributed by atoms with Crippen LogP contribution in [-0.2, 0) is 18.4 Å². The first kappa shape index (κ1) is 16.3. The van der Waals surface area contributed by atoms with Crippen LogP contribution in [-0.4, -0.2) is 27.8 Å². The lowest BCUT2D eigenvalue weighted by molar-refractivity contribution is 0.0987. The van der Waals surface area contributed by atoms with Gasteiger partial charge in [-0.3, -0.25) is 4.79 Å². The van der Waals surface area contributed by atoms with Crippen LogP contribution in [0.5, 0.6) is 0 Å². The number of carbonyl (C=O) groups is 1. The first-order valence-corrected chi connectivity index (χ1v) is 7.98. The molecule has 7 nitrogen and oxygen atoms in total. The number of aromatic nitrogens is 3. The van der Waals surface area contributed by atoms with Crippen LogP contribution in [0.3, 0.4) is 0 Å². The highest BCUT2D eigenvalue weighted by Crippen LogP contribution is 2.26. The number of aryl methyl sites for hydroxylation is 1. The van der Waals surface area contributed by atoms with E-state index in [0.717, 1.165) is 10.1 Å². The second-order valence-electron chi connectivity index (χ2n) is 5.00. The molecule has 0 bridgehead atoms. The van der Waals surface area contributed by atoms with Crippen LogP contribution in [0.1, 0.15) is 16.3 Å². The van der Waals surface area contributed by atoms with E-state index in [0.29, 0.717) is 18.1 Å². The highest BCUT2D eigenvalue weighted by atomic mass is 32.2. The van der Waals surface area contributed by atoms with Crippen molar-refractivity contribution >= 4 is 23.4 Å². The normalized spacial score (nSPS) is 10.8. The largest absolute Gasteiger partial charge is 0.453 e. The molecule has 0 atom stereocenters. The summed E-state index contributed by atoms with van der Waals surface area (Å²) >= 11 is 1.50. The maximum Gasteiger partial charge on any atom is 0.291 e. The van der Waals surface area contributed by atoms with Crippen molar-refractivity contribution in [3.63, 3.8) is 0 Å². The van der Waals surface area contributed by atoms with Crippen LogP contribution in [0.25, 0.3) is 0 Å². The van der Waals surface area contributed by atoms with Crippen molar-refractivity contribution in [2.45, 2.75) is 16.7 Å². The number of carbonyl (C=O) groups excluding carboxylic acids is 1. The van der Waals surface area contributed by atoms with Gasteiger partial charge in [0.1, 0.15) is 18.7 Å². The molecule has 1 aromatic carbocycles. The Balaban J connectivity index is 1.63. The lowest BCUT2D eigenvalue weighted by Crippen LogP contribution is -2.10. The third-order valence-electron chi connectivity index (χ3n) is 3.16. The smallest absolute Gasteiger partial charge is 0.291 e. The quantitative estimate of drug-likeness (QED) is 0.740. The molecule has 0 aliphatic rings. The molecule has 0 saturated heterocycles. The number of nitrogens with zero attached hydrogens (tertiary/aromatic N) is 3. The summed E-state index contributed by atoms with van der Waals surface area (Å²) in [7, 11) is 3.46. The van der Waals surface area contributed by atoms with Gasteiger partial charge < -0.3 is 19.0 Å². The van der Waals surface area contributed by atoms with Gasteiger partial charge in [-0.05, 0) is 48.2 Å². The lowest BCUT2D eigenvalue weighted by Gasteiger charge is -2.05. The van der Waals surface area contributed by atoms with Gasteiger partial charge in [0.05, 0.1) is 0 Å². The molecule has 0 saturated carbocycles. The third kappa shape index (κ3) is 3.84. The average Bonchev–Trinajstić information content (AvgIpc) is 3.20. The highest BCUT2D eigenvalue weighted by molar-refractivity contribution is 7.99. The molecule has 2 aromatic heterocycles. The predicted molar refractivity (Wildman–Crippen MR) is 88.9 cm³/mol. The topological polar surface area (TPSA) is 82.2 Å². The Morgan fingerprint density at radius 1 is 1.29 bits per heavy atom. The van der Waals surface area contributed by atoms with Crippen molar-refractivity contribution in [1.82, 2.24) is 14.8 Å². The number of furan rings is 1. The van der Waals surface area contributed by atoms with Crippen LogP contribution < -0.4 is 5.32 Å². The fraction of sp³-hybridized carbons (Fsp3) is 0.188. The summed E-state index contributed by atoms with van der Waals surface area (Å²) in [6.45, 7) is 0.335. The Hall–Kier alpha value is -2.58. The standard InChI is InChI=1S/C16H16N4O3S/c1-20-10-17-19-16(20)24-13-6-3-11(4-7-13)18-15(21)14-8-5-12(23-14)9-22-2/h3-8,10H,9H2,1-2H3,(H,18,21). The molecule has 2 heterocycles. The molecule has 3 rings (SSSR count). The van der Waals surface area contributed by atoms with Crippen molar-refractivity contribution in [2.24, 2.45) is 7.05 Å². The zero-order valence-corrected chi connectivity index (χ0v) is 14.0. The Kier molecular flexibility index (Phi) is 4.97. The number of rotatable bonds is 6. The van der Waals surface area contributed by atoms with Gasteiger partial charge in [-0.1, -0.05) is 0 Å².